The second-order valence-electron chi connectivity index (χ2n) is 4.18. The molecule has 0 bridgehead atoms. The van der Waals surface area contributed by atoms with Crippen molar-refractivity contribution in [1.82, 2.24) is 5.32 Å². The van der Waals surface area contributed by atoms with Gasteiger partial charge in [-0.3, -0.25) is 0 Å². The molecule has 0 heterocycles. The first kappa shape index (κ1) is 14.7. The molecule has 18 heavy (non-hydrogen) atoms. The molecule has 0 aliphatic carbocycles. The van der Waals surface area contributed by atoms with Gasteiger partial charge in [0, 0.05) is 12.7 Å². The van der Waals surface area contributed by atoms with E-state index in [-0.39, 0.29) is 0 Å². The molecule has 1 aromatic carbocycles. The molecule has 0 saturated heterocycles. The molecule has 0 unspecified atom stereocenters. The fourth-order valence-electron chi connectivity index (χ4n) is 1.55. The predicted molar refractivity (Wildman–Crippen MR) is 71.0 cm³/mol. The van der Waals surface area contributed by atoms with E-state index in [1.165, 1.54) is 6.26 Å². The van der Waals surface area contributed by atoms with Crippen molar-refractivity contribution in [3.8, 4) is 6.07 Å². The summed E-state index contributed by atoms with van der Waals surface area (Å²) in [6.07, 6.45) is 3.51. The highest BCUT2D eigenvalue weighted by atomic mass is 32.2. The van der Waals surface area contributed by atoms with Gasteiger partial charge in [0.05, 0.1) is 11.0 Å². The zero-order valence-electron chi connectivity index (χ0n) is 10.5. The van der Waals surface area contributed by atoms with Crippen molar-refractivity contribution in [2.24, 2.45) is 0 Å². The van der Waals surface area contributed by atoms with Gasteiger partial charge in [0.15, 0.2) is 9.84 Å². The highest BCUT2D eigenvalue weighted by molar-refractivity contribution is 7.90. The first-order valence-electron chi connectivity index (χ1n) is 5.90. The Balaban J connectivity index is 2.34. The second-order valence-corrected chi connectivity index (χ2v) is 6.19. The Morgan fingerprint density at radius 3 is 2.44 bits per heavy atom. The lowest BCUT2D eigenvalue weighted by molar-refractivity contribution is 0.602. The number of nitrogens with one attached hydrogen (secondary N) is 1. The monoisotopic (exact) mass is 266 g/mol. The van der Waals surface area contributed by atoms with Crippen molar-refractivity contribution in [3.63, 3.8) is 0 Å². The molecule has 1 rings (SSSR count). The smallest absolute Gasteiger partial charge is 0.175 e. The highest BCUT2D eigenvalue weighted by Gasteiger charge is 2.05. The van der Waals surface area contributed by atoms with Crippen LogP contribution in [0.15, 0.2) is 29.2 Å². The van der Waals surface area contributed by atoms with E-state index >= 15 is 0 Å². The molecule has 5 heteroatoms. The van der Waals surface area contributed by atoms with Crippen molar-refractivity contribution >= 4 is 9.84 Å². The Morgan fingerprint density at radius 1 is 1.22 bits per heavy atom. The quantitative estimate of drug-likeness (QED) is 0.760. The molecule has 1 aromatic rings. The molecule has 0 aliphatic heterocycles. The van der Waals surface area contributed by atoms with Crippen LogP contribution in [-0.4, -0.2) is 27.8 Å². The summed E-state index contributed by atoms with van der Waals surface area (Å²) in [6.45, 7) is 1.68. The number of hydrogen-bond donors (Lipinski definition) is 1. The van der Waals surface area contributed by atoms with Gasteiger partial charge in [0.1, 0.15) is 0 Å². The van der Waals surface area contributed by atoms with E-state index in [0.717, 1.165) is 31.5 Å². The van der Waals surface area contributed by atoms with Crippen LogP contribution in [0, 0.1) is 11.3 Å². The molecule has 0 fully saturated rings. The molecule has 0 atom stereocenters. The summed E-state index contributed by atoms with van der Waals surface area (Å²) >= 11 is 0. The molecule has 0 aromatic heterocycles. The molecule has 0 spiro atoms. The van der Waals surface area contributed by atoms with E-state index in [1.807, 2.05) is 12.1 Å². The lowest BCUT2D eigenvalue weighted by atomic mass is 10.1. The molecule has 0 amide bonds. The normalized spacial score (nSPS) is 11.1. The van der Waals surface area contributed by atoms with Crippen LogP contribution in [-0.2, 0) is 16.3 Å². The minimum Gasteiger partial charge on any atom is -0.316 e. The first-order valence-corrected chi connectivity index (χ1v) is 7.80. The summed E-state index contributed by atoms with van der Waals surface area (Å²) in [6, 6.07) is 9.06. The van der Waals surface area contributed by atoms with Gasteiger partial charge in [-0.15, -0.1) is 0 Å². The molecule has 0 saturated carbocycles. The summed E-state index contributed by atoms with van der Waals surface area (Å²) in [4.78, 5) is 0.355. The third-order valence-electron chi connectivity index (χ3n) is 2.58. The summed E-state index contributed by atoms with van der Waals surface area (Å²) in [5, 5.41) is 11.6. The average molecular weight is 266 g/mol. The third-order valence-corrected chi connectivity index (χ3v) is 3.71. The largest absolute Gasteiger partial charge is 0.316 e. The van der Waals surface area contributed by atoms with Crippen LogP contribution in [0.4, 0.5) is 0 Å². The molecular formula is C13H18N2O2S. The molecular weight excluding hydrogens is 248 g/mol. The van der Waals surface area contributed by atoms with Crippen molar-refractivity contribution < 1.29 is 8.42 Å². The molecule has 0 radical (unpaired) electrons. The maximum Gasteiger partial charge on any atom is 0.175 e. The summed E-state index contributed by atoms with van der Waals surface area (Å²) in [5.74, 6) is 0. The Hall–Kier alpha value is -1.38. The molecule has 4 nitrogen and oxygen atoms in total. The van der Waals surface area contributed by atoms with Gasteiger partial charge in [0.25, 0.3) is 0 Å². The van der Waals surface area contributed by atoms with Crippen LogP contribution in [0.25, 0.3) is 0 Å². The average Bonchev–Trinajstić information content (AvgIpc) is 2.33. The predicted octanol–water partition coefficient (Wildman–Crippen LogP) is 1.53. The maximum atomic E-state index is 11.3. The minimum atomic E-state index is -3.10. The van der Waals surface area contributed by atoms with Gasteiger partial charge in [-0.25, -0.2) is 8.42 Å². The number of hydrogen-bond acceptors (Lipinski definition) is 4. The summed E-state index contributed by atoms with van der Waals surface area (Å²) in [7, 11) is -3.10. The van der Waals surface area contributed by atoms with E-state index in [1.54, 1.807) is 12.1 Å². The number of benzene rings is 1. The topological polar surface area (TPSA) is 70.0 Å². The maximum absolute atomic E-state index is 11.3. The standard InChI is InChI=1S/C13H18N2O2S/c1-18(16,17)13-6-4-12(5-7-13)8-11-15-10-3-2-9-14/h4-7,15H,2-3,8,10-11H2,1H3. The zero-order chi connectivity index (χ0) is 13.4. The Labute approximate surface area is 109 Å². The minimum absolute atomic E-state index is 0.355. The van der Waals surface area contributed by atoms with E-state index in [2.05, 4.69) is 11.4 Å². The van der Waals surface area contributed by atoms with E-state index in [0.29, 0.717) is 11.3 Å². The van der Waals surface area contributed by atoms with Gasteiger partial charge < -0.3 is 5.32 Å². The fraction of sp³-hybridized carbons (Fsp3) is 0.462. The zero-order valence-corrected chi connectivity index (χ0v) is 11.3. The van der Waals surface area contributed by atoms with Gasteiger partial charge in [0.2, 0.25) is 0 Å². The number of sulfone groups is 1. The number of unbranched alkanes of at least 4 members (excludes halogenated alkanes) is 1. The van der Waals surface area contributed by atoms with Crippen LogP contribution in [0.2, 0.25) is 0 Å². The second kappa shape index (κ2) is 7.14. The number of nitrogens with zero attached hydrogens (tertiary/aromatic N) is 1. The van der Waals surface area contributed by atoms with Gasteiger partial charge in [-0.2, -0.15) is 5.26 Å². The molecule has 98 valence electrons. The van der Waals surface area contributed by atoms with Crippen molar-refractivity contribution in [3.05, 3.63) is 29.8 Å². The third kappa shape index (κ3) is 5.30. The Morgan fingerprint density at radius 2 is 1.89 bits per heavy atom. The van der Waals surface area contributed by atoms with Crippen LogP contribution in [0.3, 0.4) is 0 Å². The van der Waals surface area contributed by atoms with Crippen LogP contribution < -0.4 is 5.32 Å². The Bertz CT molecular complexity index is 501. The van der Waals surface area contributed by atoms with E-state index in [9.17, 15) is 8.42 Å². The number of rotatable bonds is 7. The van der Waals surface area contributed by atoms with Crippen molar-refractivity contribution in [2.45, 2.75) is 24.2 Å². The lowest BCUT2D eigenvalue weighted by Crippen LogP contribution is -2.18. The summed E-state index contributed by atoms with van der Waals surface area (Å²) in [5.41, 5.74) is 1.11. The first-order chi connectivity index (χ1) is 8.54. The SMILES string of the molecule is CS(=O)(=O)c1ccc(CCNCCCC#N)cc1. The van der Waals surface area contributed by atoms with Gasteiger partial charge in [-0.05, 0) is 43.6 Å². The molecule has 0 aliphatic rings. The summed E-state index contributed by atoms with van der Waals surface area (Å²) < 4.78 is 22.5. The highest BCUT2D eigenvalue weighted by Crippen LogP contribution is 2.10. The van der Waals surface area contributed by atoms with Crippen LogP contribution in [0.5, 0.6) is 0 Å². The van der Waals surface area contributed by atoms with Gasteiger partial charge in [-0.1, -0.05) is 12.1 Å². The van der Waals surface area contributed by atoms with Crippen molar-refractivity contribution in [2.75, 3.05) is 19.3 Å². The Kier molecular flexibility index (Phi) is 5.83. The lowest BCUT2D eigenvalue weighted by Gasteiger charge is -2.04. The van der Waals surface area contributed by atoms with E-state index in [4.69, 9.17) is 5.26 Å². The van der Waals surface area contributed by atoms with Gasteiger partial charge >= 0.3 is 0 Å². The molecule has 1 N–H and O–H groups in total. The number of nitriles is 1. The fourth-order valence-corrected chi connectivity index (χ4v) is 2.18. The van der Waals surface area contributed by atoms with Crippen LogP contribution >= 0.6 is 0 Å². The van der Waals surface area contributed by atoms with E-state index < -0.39 is 9.84 Å². The van der Waals surface area contributed by atoms with Crippen molar-refractivity contribution in [1.29, 1.82) is 5.26 Å². The van der Waals surface area contributed by atoms with Crippen LogP contribution in [0.1, 0.15) is 18.4 Å².